The Balaban J connectivity index is 2.08. The van der Waals surface area contributed by atoms with E-state index in [1.165, 1.54) is 0 Å². The number of rotatable bonds is 6. The molecule has 2 N–H and O–H groups in total. The molecular weight excluding hydrogens is 270 g/mol. The van der Waals surface area contributed by atoms with Gasteiger partial charge in [-0.3, -0.25) is 9.69 Å². The van der Waals surface area contributed by atoms with Crippen LogP contribution in [-0.4, -0.2) is 39.6 Å². The highest BCUT2D eigenvalue weighted by Gasteiger charge is 2.24. The second-order valence-corrected chi connectivity index (χ2v) is 5.51. The molecule has 1 aliphatic rings. The van der Waals surface area contributed by atoms with E-state index in [1.807, 2.05) is 12.1 Å². The summed E-state index contributed by atoms with van der Waals surface area (Å²) in [5.41, 5.74) is 1.13. The molecule has 0 bridgehead atoms. The Morgan fingerprint density at radius 2 is 1.95 bits per heavy atom. The molecule has 5 heteroatoms. The zero-order valence-electron chi connectivity index (χ0n) is 12.0. The molecule has 1 fully saturated rings. The Labute approximate surface area is 124 Å². The molecule has 1 aromatic rings. The van der Waals surface area contributed by atoms with E-state index in [4.69, 9.17) is 5.11 Å². The van der Waals surface area contributed by atoms with Crippen molar-refractivity contribution in [3.8, 4) is 0 Å². The zero-order valence-corrected chi connectivity index (χ0v) is 12.0. The molecule has 5 nitrogen and oxygen atoms in total. The summed E-state index contributed by atoms with van der Waals surface area (Å²) in [6.07, 6.45) is 3.98. The minimum atomic E-state index is -0.912. The number of benzene rings is 1. The standard InChI is InChI=1S/C16H21NO4/c18-15(19)9-8-13-6-3-4-10-17(13)11-12-5-1-2-7-14(12)16(20)21/h1-2,5,7,13H,3-4,6,8-11H2,(H,18,19)(H,20,21)/t13-/m1/s1. The van der Waals surface area contributed by atoms with Crippen LogP contribution in [-0.2, 0) is 11.3 Å². The van der Waals surface area contributed by atoms with Gasteiger partial charge in [0.1, 0.15) is 0 Å². The van der Waals surface area contributed by atoms with Crippen LogP contribution in [0.4, 0.5) is 0 Å². The predicted octanol–water partition coefficient (Wildman–Crippen LogP) is 2.60. The predicted molar refractivity (Wildman–Crippen MR) is 78.3 cm³/mol. The van der Waals surface area contributed by atoms with Crippen molar-refractivity contribution in [3.05, 3.63) is 35.4 Å². The maximum Gasteiger partial charge on any atom is 0.336 e. The van der Waals surface area contributed by atoms with Gasteiger partial charge in [-0.15, -0.1) is 0 Å². The largest absolute Gasteiger partial charge is 0.481 e. The van der Waals surface area contributed by atoms with E-state index in [0.29, 0.717) is 18.5 Å². The number of likely N-dealkylation sites (tertiary alicyclic amines) is 1. The molecule has 0 amide bonds. The summed E-state index contributed by atoms with van der Waals surface area (Å²) in [6, 6.07) is 7.26. The van der Waals surface area contributed by atoms with Crippen LogP contribution in [0.15, 0.2) is 24.3 Å². The van der Waals surface area contributed by atoms with Crippen molar-refractivity contribution in [2.24, 2.45) is 0 Å². The number of carbonyl (C=O) groups is 2. The van der Waals surface area contributed by atoms with Crippen LogP contribution in [0.3, 0.4) is 0 Å². The van der Waals surface area contributed by atoms with Gasteiger partial charge in [0.25, 0.3) is 0 Å². The number of hydrogen-bond donors (Lipinski definition) is 2. The fourth-order valence-electron chi connectivity index (χ4n) is 2.97. The Hall–Kier alpha value is -1.88. The van der Waals surface area contributed by atoms with Gasteiger partial charge in [-0.05, 0) is 37.4 Å². The number of hydrogen-bond acceptors (Lipinski definition) is 3. The summed E-state index contributed by atoms with van der Waals surface area (Å²) in [5.74, 6) is -1.68. The molecule has 0 spiro atoms. The van der Waals surface area contributed by atoms with E-state index in [1.54, 1.807) is 12.1 Å². The highest BCUT2D eigenvalue weighted by molar-refractivity contribution is 5.89. The molecule has 1 aromatic carbocycles. The van der Waals surface area contributed by atoms with Crippen LogP contribution >= 0.6 is 0 Å². The van der Waals surface area contributed by atoms with Gasteiger partial charge < -0.3 is 10.2 Å². The van der Waals surface area contributed by atoms with Crippen molar-refractivity contribution in [3.63, 3.8) is 0 Å². The summed E-state index contributed by atoms with van der Waals surface area (Å²) in [7, 11) is 0. The first-order chi connectivity index (χ1) is 10.1. The quantitative estimate of drug-likeness (QED) is 0.842. The summed E-state index contributed by atoms with van der Waals surface area (Å²) in [4.78, 5) is 24.2. The highest BCUT2D eigenvalue weighted by Crippen LogP contribution is 2.24. The lowest BCUT2D eigenvalue weighted by atomic mass is 9.96. The SMILES string of the molecule is O=C(O)CC[C@H]1CCCCN1Cc1ccccc1C(=O)O. The molecule has 0 unspecified atom stereocenters. The highest BCUT2D eigenvalue weighted by atomic mass is 16.4. The molecule has 0 aromatic heterocycles. The number of carboxylic acid groups (broad SMARTS) is 2. The van der Waals surface area contributed by atoms with E-state index in [-0.39, 0.29) is 12.5 Å². The second kappa shape index (κ2) is 7.22. The average Bonchev–Trinajstić information content (AvgIpc) is 2.46. The van der Waals surface area contributed by atoms with Crippen LogP contribution in [0.2, 0.25) is 0 Å². The molecular formula is C16H21NO4. The molecule has 114 valence electrons. The van der Waals surface area contributed by atoms with Crippen LogP contribution in [0.5, 0.6) is 0 Å². The summed E-state index contributed by atoms with van der Waals surface area (Å²) >= 11 is 0. The van der Waals surface area contributed by atoms with Crippen LogP contribution in [0.25, 0.3) is 0 Å². The Bertz CT molecular complexity index is 515. The zero-order chi connectivity index (χ0) is 15.2. The van der Waals surface area contributed by atoms with E-state index < -0.39 is 11.9 Å². The Morgan fingerprint density at radius 3 is 2.67 bits per heavy atom. The normalized spacial score (nSPS) is 19.3. The minimum absolute atomic E-state index is 0.168. The van der Waals surface area contributed by atoms with Crippen molar-refractivity contribution in [2.75, 3.05) is 6.54 Å². The molecule has 0 saturated carbocycles. The minimum Gasteiger partial charge on any atom is -0.481 e. The van der Waals surface area contributed by atoms with Gasteiger partial charge in [0.05, 0.1) is 5.56 Å². The first-order valence-electron chi connectivity index (χ1n) is 7.35. The third kappa shape index (κ3) is 4.29. The third-order valence-corrected chi connectivity index (χ3v) is 4.06. The lowest BCUT2D eigenvalue weighted by Crippen LogP contribution is -2.39. The lowest BCUT2D eigenvalue weighted by molar-refractivity contribution is -0.137. The van der Waals surface area contributed by atoms with Crippen molar-refractivity contribution in [1.29, 1.82) is 0 Å². The lowest BCUT2D eigenvalue weighted by Gasteiger charge is -2.36. The molecule has 0 radical (unpaired) electrons. The second-order valence-electron chi connectivity index (χ2n) is 5.51. The van der Waals surface area contributed by atoms with Gasteiger partial charge in [0.2, 0.25) is 0 Å². The third-order valence-electron chi connectivity index (χ3n) is 4.06. The summed E-state index contributed by atoms with van der Waals surface area (Å²) in [5, 5.41) is 18.1. The van der Waals surface area contributed by atoms with E-state index in [2.05, 4.69) is 4.90 Å². The van der Waals surface area contributed by atoms with Crippen molar-refractivity contribution >= 4 is 11.9 Å². The number of carboxylic acids is 2. The van der Waals surface area contributed by atoms with Crippen LogP contribution < -0.4 is 0 Å². The average molecular weight is 291 g/mol. The number of aliphatic carboxylic acids is 1. The number of nitrogens with zero attached hydrogens (tertiary/aromatic N) is 1. The monoisotopic (exact) mass is 291 g/mol. The van der Waals surface area contributed by atoms with Gasteiger partial charge in [-0.25, -0.2) is 4.79 Å². The number of aromatic carboxylic acids is 1. The molecule has 21 heavy (non-hydrogen) atoms. The maximum atomic E-state index is 11.3. The smallest absolute Gasteiger partial charge is 0.336 e. The van der Waals surface area contributed by atoms with Gasteiger partial charge in [-0.1, -0.05) is 24.6 Å². The van der Waals surface area contributed by atoms with Crippen LogP contribution in [0.1, 0.15) is 48.0 Å². The van der Waals surface area contributed by atoms with E-state index in [0.717, 1.165) is 31.4 Å². The first-order valence-corrected chi connectivity index (χ1v) is 7.35. The molecule has 1 saturated heterocycles. The van der Waals surface area contributed by atoms with Gasteiger partial charge in [-0.2, -0.15) is 0 Å². The van der Waals surface area contributed by atoms with Crippen LogP contribution in [0, 0.1) is 0 Å². The van der Waals surface area contributed by atoms with Gasteiger partial charge >= 0.3 is 11.9 Å². The van der Waals surface area contributed by atoms with Crippen molar-refractivity contribution in [2.45, 2.75) is 44.7 Å². The topological polar surface area (TPSA) is 77.8 Å². The summed E-state index contributed by atoms with van der Waals surface area (Å²) < 4.78 is 0. The Morgan fingerprint density at radius 1 is 1.19 bits per heavy atom. The fourth-order valence-corrected chi connectivity index (χ4v) is 2.97. The van der Waals surface area contributed by atoms with Gasteiger partial charge in [0, 0.05) is 19.0 Å². The van der Waals surface area contributed by atoms with Crippen molar-refractivity contribution < 1.29 is 19.8 Å². The maximum absolute atomic E-state index is 11.3. The first kappa shape index (κ1) is 15.5. The fraction of sp³-hybridized carbons (Fsp3) is 0.500. The number of piperidine rings is 1. The molecule has 2 rings (SSSR count). The Kier molecular flexibility index (Phi) is 5.33. The molecule has 1 aliphatic heterocycles. The van der Waals surface area contributed by atoms with E-state index in [9.17, 15) is 14.7 Å². The summed E-state index contributed by atoms with van der Waals surface area (Å²) in [6.45, 7) is 1.48. The molecule has 1 heterocycles. The van der Waals surface area contributed by atoms with E-state index >= 15 is 0 Å². The molecule has 1 atom stereocenters. The van der Waals surface area contributed by atoms with Gasteiger partial charge in [0.15, 0.2) is 0 Å². The molecule has 0 aliphatic carbocycles. The van der Waals surface area contributed by atoms with Crippen molar-refractivity contribution in [1.82, 2.24) is 4.90 Å².